The average Bonchev–Trinajstić information content (AvgIpc) is 2.42. The summed E-state index contributed by atoms with van der Waals surface area (Å²) in [7, 11) is 0. The molecule has 0 spiro atoms. The first-order valence-electron chi connectivity index (χ1n) is 7.02. The molecule has 3 nitrogen and oxygen atoms in total. The van der Waals surface area contributed by atoms with E-state index in [1.165, 1.54) is 0 Å². The molecule has 6 heteroatoms. The van der Waals surface area contributed by atoms with Crippen molar-refractivity contribution in [1.82, 2.24) is 9.80 Å². The third-order valence-electron chi connectivity index (χ3n) is 4.17. The average molecular weight is 346 g/mol. The lowest BCUT2D eigenvalue weighted by Crippen LogP contribution is -2.59. The first-order valence-corrected chi connectivity index (χ1v) is 8.18. The van der Waals surface area contributed by atoms with Crippen LogP contribution in [0.3, 0.4) is 0 Å². The quantitative estimate of drug-likeness (QED) is 0.849. The van der Waals surface area contributed by atoms with E-state index in [-0.39, 0.29) is 5.54 Å². The highest BCUT2D eigenvalue weighted by Gasteiger charge is 2.32. The Balaban J connectivity index is 1.94. The second-order valence-electron chi connectivity index (χ2n) is 5.92. The minimum Gasteiger partial charge on any atom is -0.392 e. The number of benzene rings is 1. The number of nitrogens with zero attached hydrogens (tertiary/aromatic N) is 2. The topological polar surface area (TPSA) is 32.5 Å². The molecule has 116 valence electrons. The number of halogens is 2. The van der Waals surface area contributed by atoms with Crippen LogP contribution < -0.4 is 5.73 Å². The third kappa shape index (κ3) is 4.08. The molecular weight excluding hydrogens is 325 g/mol. The predicted molar refractivity (Wildman–Crippen MR) is 94.2 cm³/mol. The molecule has 0 aliphatic carbocycles. The molecule has 21 heavy (non-hydrogen) atoms. The van der Waals surface area contributed by atoms with Crippen molar-refractivity contribution in [2.45, 2.75) is 25.9 Å². The molecule has 1 aliphatic heterocycles. The van der Waals surface area contributed by atoms with E-state index in [1.54, 1.807) is 6.07 Å². The van der Waals surface area contributed by atoms with Crippen molar-refractivity contribution in [3.8, 4) is 0 Å². The van der Waals surface area contributed by atoms with Crippen LogP contribution in [0.15, 0.2) is 18.2 Å². The van der Waals surface area contributed by atoms with Gasteiger partial charge in [0.15, 0.2) is 0 Å². The second-order valence-corrected chi connectivity index (χ2v) is 7.21. The van der Waals surface area contributed by atoms with E-state index in [9.17, 15) is 0 Å². The summed E-state index contributed by atoms with van der Waals surface area (Å²) < 4.78 is 0. The van der Waals surface area contributed by atoms with E-state index in [1.807, 2.05) is 12.1 Å². The number of piperazine rings is 1. The van der Waals surface area contributed by atoms with Gasteiger partial charge in [-0.1, -0.05) is 41.5 Å². The molecular formula is C15H21Cl2N3S. The first kappa shape index (κ1) is 17.0. The van der Waals surface area contributed by atoms with E-state index in [0.717, 1.165) is 43.3 Å². The van der Waals surface area contributed by atoms with Crippen LogP contribution in [0, 0.1) is 0 Å². The van der Waals surface area contributed by atoms with Gasteiger partial charge < -0.3 is 5.73 Å². The second kappa shape index (κ2) is 6.80. The Hall–Kier alpha value is -0.390. The third-order valence-corrected chi connectivity index (χ3v) is 5.26. The molecule has 0 unspecified atom stereocenters. The van der Waals surface area contributed by atoms with Gasteiger partial charge >= 0.3 is 0 Å². The molecule has 0 saturated carbocycles. The summed E-state index contributed by atoms with van der Waals surface area (Å²) in [6.45, 7) is 8.88. The van der Waals surface area contributed by atoms with Crippen LogP contribution in [0.1, 0.15) is 19.4 Å². The summed E-state index contributed by atoms with van der Waals surface area (Å²) in [5, 5.41) is 1.40. The Kier molecular flexibility index (Phi) is 5.49. The Morgan fingerprint density at radius 2 is 1.86 bits per heavy atom. The summed E-state index contributed by atoms with van der Waals surface area (Å²) in [5.41, 5.74) is 6.73. The molecule has 0 radical (unpaired) electrons. The Labute approximate surface area is 142 Å². The smallest absolute Gasteiger partial charge is 0.0928 e. The van der Waals surface area contributed by atoms with Crippen molar-refractivity contribution in [2.75, 3.05) is 26.2 Å². The highest BCUT2D eigenvalue weighted by atomic mass is 35.5. The molecule has 1 aromatic rings. The number of nitrogens with two attached hydrogens (primary N) is 1. The maximum absolute atomic E-state index is 6.24. The van der Waals surface area contributed by atoms with Crippen LogP contribution in [-0.4, -0.2) is 46.5 Å². The zero-order chi connectivity index (χ0) is 15.6. The molecule has 0 atom stereocenters. The molecule has 0 amide bonds. The van der Waals surface area contributed by atoms with Crippen LogP contribution in [0.5, 0.6) is 0 Å². The van der Waals surface area contributed by atoms with Crippen LogP contribution in [-0.2, 0) is 6.54 Å². The molecule has 1 saturated heterocycles. The fourth-order valence-electron chi connectivity index (χ4n) is 2.51. The Morgan fingerprint density at radius 3 is 2.38 bits per heavy atom. The fourth-order valence-corrected chi connectivity index (χ4v) is 3.11. The van der Waals surface area contributed by atoms with Gasteiger partial charge in [-0.2, -0.15) is 0 Å². The van der Waals surface area contributed by atoms with Gasteiger partial charge in [-0.15, -0.1) is 0 Å². The standard InChI is InChI=1S/C15H21Cl2N3S/c1-15(2,14(18)21)20-7-5-19(6-8-20)10-11-3-4-12(16)9-13(11)17/h3-4,9H,5-8,10H2,1-2H3,(H2,18,21). The first-order chi connectivity index (χ1) is 9.80. The number of hydrogen-bond donors (Lipinski definition) is 1. The van der Waals surface area contributed by atoms with E-state index < -0.39 is 0 Å². The number of rotatable bonds is 4. The molecule has 1 fully saturated rings. The van der Waals surface area contributed by atoms with Crippen molar-refractivity contribution in [3.63, 3.8) is 0 Å². The van der Waals surface area contributed by atoms with Crippen molar-refractivity contribution < 1.29 is 0 Å². The van der Waals surface area contributed by atoms with Crippen molar-refractivity contribution >= 4 is 40.4 Å². The minimum absolute atomic E-state index is 0.223. The van der Waals surface area contributed by atoms with Crippen molar-refractivity contribution in [1.29, 1.82) is 0 Å². The van der Waals surface area contributed by atoms with Crippen LogP contribution >= 0.6 is 35.4 Å². The van der Waals surface area contributed by atoms with Crippen LogP contribution in [0.25, 0.3) is 0 Å². The number of thiocarbonyl (C=S) groups is 1. The van der Waals surface area contributed by atoms with Gasteiger partial charge in [0.1, 0.15) is 0 Å². The maximum Gasteiger partial charge on any atom is 0.0928 e. The van der Waals surface area contributed by atoms with E-state index in [4.69, 9.17) is 41.2 Å². The fraction of sp³-hybridized carbons (Fsp3) is 0.533. The summed E-state index contributed by atoms with van der Waals surface area (Å²) in [4.78, 5) is 5.29. The van der Waals surface area contributed by atoms with E-state index >= 15 is 0 Å². The molecule has 2 N–H and O–H groups in total. The van der Waals surface area contributed by atoms with Crippen LogP contribution in [0.4, 0.5) is 0 Å². The van der Waals surface area contributed by atoms with Crippen molar-refractivity contribution in [3.05, 3.63) is 33.8 Å². The minimum atomic E-state index is -0.223. The molecule has 0 bridgehead atoms. The zero-order valence-corrected chi connectivity index (χ0v) is 14.7. The van der Waals surface area contributed by atoms with E-state index in [2.05, 4.69) is 23.6 Å². The maximum atomic E-state index is 6.24. The summed E-state index contributed by atoms with van der Waals surface area (Å²) in [6.07, 6.45) is 0. The van der Waals surface area contributed by atoms with Gasteiger partial charge in [0.05, 0.1) is 10.5 Å². The van der Waals surface area contributed by atoms with Gasteiger partial charge in [-0.3, -0.25) is 9.80 Å². The normalized spacial score (nSPS) is 17.9. The highest BCUT2D eigenvalue weighted by Crippen LogP contribution is 2.24. The monoisotopic (exact) mass is 345 g/mol. The summed E-state index contributed by atoms with van der Waals surface area (Å²) in [5.74, 6) is 0. The SMILES string of the molecule is CC(C)(C(N)=S)N1CCN(Cc2ccc(Cl)cc2Cl)CC1. The van der Waals surface area contributed by atoms with Gasteiger partial charge in [0.25, 0.3) is 0 Å². The Bertz CT molecular complexity index is 526. The van der Waals surface area contributed by atoms with Crippen LogP contribution in [0.2, 0.25) is 10.0 Å². The summed E-state index contributed by atoms with van der Waals surface area (Å²) >= 11 is 17.3. The van der Waals surface area contributed by atoms with E-state index in [0.29, 0.717) is 10.0 Å². The molecule has 1 aromatic carbocycles. The molecule has 0 aromatic heterocycles. The van der Waals surface area contributed by atoms with Gasteiger partial charge in [0.2, 0.25) is 0 Å². The van der Waals surface area contributed by atoms with Gasteiger partial charge in [-0.05, 0) is 31.5 Å². The van der Waals surface area contributed by atoms with Crippen molar-refractivity contribution in [2.24, 2.45) is 5.73 Å². The van der Waals surface area contributed by atoms with Gasteiger partial charge in [-0.25, -0.2) is 0 Å². The zero-order valence-electron chi connectivity index (χ0n) is 12.4. The van der Waals surface area contributed by atoms with Gasteiger partial charge in [0, 0.05) is 42.8 Å². The predicted octanol–water partition coefficient (Wildman–Crippen LogP) is 3.18. The molecule has 2 rings (SSSR count). The molecule has 1 aliphatic rings. The highest BCUT2D eigenvalue weighted by molar-refractivity contribution is 7.80. The lowest BCUT2D eigenvalue weighted by molar-refractivity contribution is 0.0821. The Morgan fingerprint density at radius 1 is 1.24 bits per heavy atom. The number of hydrogen-bond acceptors (Lipinski definition) is 3. The largest absolute Gasteiger partial charge is 0.392 e. The summed E-state index contributed by atoms with van der Waals surface area (Å²) in [6, 6.07) is 5.68. The molecule has 1 heterocycles. The lowest BCUT2D eigenvalue weighted by Gasteiger charge is -2.43. The lowest BCUT2D eigenvalue weighted by atomic mass is 10.0.